The summed E-state index contributed by atoms with van der Waals surface area (Å²) >= 11 is 5.90. The summed E-state index contributed by atoms with van der Waals surface area (Å²) in [7, 11) is 0. The molecule has 2 aliphatic rings. The van der Waals surface area contributed by atoms with Crippen LogP contribution in [0, 0.1) is 5.92 Å². The quantitative estimate of drug-likeness (QED) is 0.854. The molecule has 0 spiro atoms. The number of rotatable bonds is 4. The molecule has 5 heteroatoms. The van der Waals surface area contributed by atoms with E-state index in [-0.39, 0.29) is 18.4 Å². The van der Waals surface area contributed by atoms with Gasteiger partial charge in [0.2, 0.25) is 11.8 Å². The summed E-state index contributed by atoms with van der Waals surface area (Å²) < 4.78 is 0. The van der Waals surface area contributed by atoms with Crippen LogP contribution in [0.2, 0.25) is 5.02 Å². The third-order valence-electron chi connectivity index (χ3n) is 4.57. The molecule has 0 bridgehead atoms. The van der Waals surface area contributed by atoms with Crippen LogP contribution in [0.5, 0.6) is 0 Å². The van der Waals surface area contributed by atoms with Crippen molar-refractivity contribution in [1.29, 1.82) is 0 Å². The average Bonchev–Trinajstić information content (AvgIpc) is 3.12. The van der Waals surface area contributed by atoms with Crippen molar-refractivity contribution < 1.29 is 9.59 Å². The molecule has 1 aromatic rings. The highest BCUT2D eigenvalue weighted by Crippen LogP contribution is 2.22. The SMILES string of the molecule is O=C1CCCN1CC(=O)N1CCC(Cc2ccc(Cl)cc2)C1. The van der Waals surface area contributed by atoms with Crippen molar-refractivity contribution in [3.63, 3.8) is 0 Å². The van der Waals surface area contributed by atoms with Crippen molar-refractivity contribution in [2.24, 2.45) is 5.92 Å². The molecule has 22 heavy (non-hydrogen) atoms. The van der Waals surface area contributed by atoms with Gasteiger partial charge in [0, 0.05) is 31.1 Å². The van der Waals surface area contributed by atoms with E-state index in [2.05, 4.69) is 12.1 Å². The topological polar surface area (TPSA) is 40.6 Å². The molecule has 2 heterocycles. The first kappa shape index (κ1) is 15.3. The van der Waals surface area contributed by atoms with E-state index in [0.717, 1.165) is 43.9 Å². The Morgan fingerprint density at radius 3 is 2.68 bits per heavy atom. The van der Waals surface area contributed by atoms with Gasteiger partial charge in [0.15, 0.2) is 0 Å². The maximum Gasteiger partial charge on any atom is 0.242 e. The van der Waals surface area contributed by atoms with Crippen LogP contribution in [0.1, 0.15) is 24.8 Å². The smallest absolute Gasteiger partial charge is 0.242 e. The fraction of sp³-hybridized carbons (Fsp3) is 0.529. The van der Waals surface area contributed by atoms with Gasteiger partial charge in [-0.3, -0.25) is 9.59 Å². The molecule has 2 fully saturated rings. The van der Waals surface area contributed by atoms with Crippen molar-refractivity contribution in [3.8, 4) is 0 Å². The first-order valence-corrected chi connectivity index (χ1v) is 8.29. The highest BCUT2D eigenvalue weighted by atomic mass is 35.5. The van der Waals surface area contributed by atoms with E-state index in [9.17, 15) is 9.59 Å². The summed E-state index contributed by atoms with van der Waals surface area (Å²) in [5.41, 5.74) is 1.26. The predicted molar refractivity (Wildman–Crippen MR) is 85.7 cm³/mol. The number of hydrogen-bond donors (Lipinski definition) is 0. The molecule has 0 saturated carbocycles. The van der Waals surface area contributed by atoms with E-state index in [1.807, 2.05) is 17.0 Å². The third kappa shape index (κ3) is 3.61. The van der Waals surface area contributed by atoms with Crippen LogP contribution in [-0.4, -0.2) is 47.8 Å². The summed E-state index contributed by atoms with van der Waals surface area (Å²) in [5.74, 6) is 0.707. The first-order chi connectivity index (χ1) is 10.6. The Morgan fingerprint density at radius 1 is 1.23 bits per heavy atom. The van der Waals surface area contributed by atoms with Gasteiger partial charge >= 0.3 is 0 Å². The number of nitrogens with zero attached hydrogens (tertiary/aromatic N) is 2. The number of benzene rings is 1. The Kier molecular flexibility index (Phi) is 4.67. The van der Waals surface area contributed by atoms with Crippen LogP contribution in [0.15, 0.2) is 24.3 Å². The van der Waals surface area contributed by atoms with Gasteiger partial charge in [-0.25, -0.2) is 0 Å². The molecule has 1 aromatic carbocycles. The zero-order chi connectivity index (χ0) is 15.5. The number of carbonyl (C=O) groups excluding carboxylic acids is 2. The lowest BCUT2D eigenvalue weighted by atomic mass is 9.99. The molecule has 4 nitrogen and oxygen atoms in total. The standard InChI is InChI=1S/C17H21ClN2O2/c18-15-5-3-13(4-6-15)10-14-7-9-20(11-14)17(22)12-19-8-1-2-16(19)21/h3-6,14H,1-2,7-12H2. The fourth-order valence-corrected chi connectivity index (χ4v) is 3.44. The molecule has 0 radical (unpaired) electrons. The van der Waals surface area contributed by atoms with Crippen molar-refractivity contribution in [1.82, 2.24) is 9.80 Å². The molecule has 3 rings (SSSR count). The summed E-state index contributed by atoms with van der Waals surface area (Å²) in [6, 6.07) is 7.92. The summed E-state index contributed by atoms with van der Waals surface area (Å²) in [6.07, 6.45) is 3.48. The second-order valence-corrected chi connectivity index (χ2v) is 6.68. The molecule has 1 unspecified atom stereocenters. The van der Waals surface area contributed by atoms with Crippen molar-refractivity contribution in [2.45, 2.75) is 25.7 Å². The van der Waals surface area contributed by atoms with Crippen LogP contribution in [0.4, 0.5) is 0 Å². The molecular weight excluding hydrogens is 300 g/mol. The minimum absolute atomic E-state index is 0.0915. The fourth-order valence-electron chi connectivity index (χ4n) is 3.31. The van der Waals surface area contributed by atoms with Crippen molar-refractivity contribution >= 4 is 23.4 Å². The zero-order valence-electron chi connectivity index (χ0n) is 12.6. The minimum atomic E-state index is 0.0915. The van der Waals surface area contributed by atoms with Crippen molar-refractivity contribution in [3.05, 3.63) is 34.9 Å². The molecule has 1 atom stereocenters. The number of amides is 2. The molecule has 2 saturated heterocycles. The summed E-state index contributed by atoms with van der Waals surface area (Å²) in [6.45, 7) is 2.59. The second kappa shape index (κ2) is 6.69. The lowest BCUT2D eigenvalue weighted by Gasteiger charge is -2.21. The number of halogens is 1. The Balaban J connectivity index is 1.50. The minimum Gasteiger partial charge on any atom is -0.341 e. The van der Waals surface area contributed by atoms with E-state index in [0.29, 0.717) is 12.3 Å². The largest absolute Gasteiger partial charge is 0.341 e. The number of likely N-dealkylation sites (tertiary alicyclic amines) is 2. The van der Waals surface area contributed by atoms with Crippen LogP contribution in [-0.2, 0) is 16.0 Å². The van der Waals surface area contributed by atoms with Gasteiger partial charge in [0.1, 0.15) is 0 Å². The van der Waals surface area contributed by atoms with Gasteiger partial charge < -0.3 is 9.80 Å². The van der Waals surface area contributed by atoms with E-state index < -0.39 is 0 Å². The molecule has 0 aromatic heterocycles. The molecule has 2 amide bonds. The van der Waals surface area contributed by atoms with E-state index >= 15 is 0 Å². The Hall–Kier alpha value is -1.55. The second-order valence-electron chi connectivity index (χ2n) is 6.24. The normalized spacial score (nSPS) is 21.7. The summed E-state index contributed by atoms with van der Waals surface area (Å²) in [5, 5.41) is 0.752. The van der Waals surface area contributed by atoms with Crippen molar-refractivity contribution in [2.75, 3.05) is 26.2 Å². The maximum absolute atomic E-state index is 12.3. The average molecular weight is 321 g/mol. The predicted octanol–water partition coefficient (Wildman–Crippen LogP) is 2.35. The summed E-state index contributed by atoms with van der Waals surface area (Å²) in [4.78, 5) is 27.5. The maximum atomic E-state index is 12.3. The molecule has 0 N–H and O–H groups in total. The van der Waals surface area contributed by atoms with Crippen LogP contribution < -0.4 is 0 Å². The van der Waals surface area contributed by atoms with Gasteiger partial charge in [0.25, 0.3) is 0 Å². The third-order valence-corrected chi connectivity index (χ3v) is 4.83. The molecular formula is C17H21ClN2O2. The van der Waals surface area contributed by atoms with Gasteiger partial charge in [-0.05, 0) is 42.9 Å². The zero-order valence-corrected chi connectivity index (χ0v) is 13.4. The first-order valence-electron chi connectivity index (χ1n) is 7.92. The highest BCUT2D eigenvalue weighted by molar-refractivity contribution is 6.30. The van der Waals surface area contributed by atoms with Crippen LogP contribution in [0.25, 0.3) is 0 Å². The van der Waals surface area contributed by atoms with Crippen LogP contribution >= 0.6 is 11.6 Å². The lowest BCUT2D eigenvalue weighted by molar-refractivity contribution is -0.137. The Bertz CT molecular complexity index is 558. The van der Waals surface area contributed by atoms with Crippen LogP contribution in [0.3, 0.4) is 0 Å². The highest BCUT2D eigenvalue weighted by Gasteiger charge is 2.29. The van der Waals surface area contributed by atoms with Gasteiger partial charge in [-0.15, -0.1) is 0 Å². The van der Waals surface area contributed by atoms with Gasteiger partial charge in [-0.2, -0.15) is 0 Å². The number of hydrogen-bond acceptors (Lipinski definition) is 2. The van der Waals surface area contributed by atoms with Gasteiger partial charge in [0.05, 0.1) is 6.54 Å². The molecule has 0 aliphatic carbocycles. The van der Waals surface area contributed by atoms with Gasteiger partial charge in [-0.1, -0.05) is 23.7 Å². The monoisotopic (exact) mass is 320 g/mol. The molecule has 2 aliphatic heterocycles. The van der Waals surface area contributed by atoms with E-state index in [4.69, 9.17) is 11.6 Å². The Labute approximate surface area is 136 Å². The molecule has 118 valence electrons. The lowest BCUT2D eigenvalue weighted by Crippen LogP contribution is -2.39. The van der Waals surface area contributed by atoms with E-state index in [1.165, 1.54) is 5.56 Å². The van der Waals surface area contributed by atoms with E-state index in [1.54, 1.807) is 4.90 Å². The Morgan fingerprint density at radius 2 is 2.00 bits per heavy atom. The number of carbonyl (C=O) groups is 2.